The quantitative estimate of drug-likeness (QED) is 0.110. The normalized spacial score (nSPS) is 13.4. The van der Waals surface area contributed by atoms with Gasteiger partial charge in [0.15, 0.2) is 5.71 Å². The van der Waals surface area contributed by atoms with E-state index in [1.807, 2.05) is 30.3 Å². The molecular weight excluding hydrogens is 560 g/mol. The third-order valence-electron chi connectivity index (χ3n) is 6.63. The molecule has 214 valence electrons. The van der Waals surface area contributed by atoms with Gasteiger partial charge in [-0.1, -0.05) is 56.0 Å². The van der Waals surface area contributed by atoms with Crippen molar-refractivity contribution in [3.63, 3.8) is 0 Å². The van der Waals surface area contributed by atoms with E-state index >= 15 is 0 Å². The summed E-state index contributed by atoms with van der Waals surface area (Å²) in [5.74, 6) is -0.311. The molecule has 0 bridgehead atoms. The fraction of sp³-hybridized carbons (Fsp3) is 0.290. The Morgan fingerprint density at radius 1 is 1.00 bits per heavy atom. The molecule has 10 heteroatoms. The van der Waals surface area contributed by atoms with Crippen LogP contribution in [0.25, 0.3) is 0 Å². The lowest BCUT2D eigenvalue weighted by atomic mass is 10.1. The predicted octanol–water partition coefficient (Wildman–Crippen LogP) is 7.22. The highest BCUT2D eigenvalue weighted by Crippen LogP contribution is 2.34. The number of aryl methyl sites for hydroxylation is 1. The summed E-state index contributed by atoms with van der Waals surface area (Å²) in [4.78, 5) is 39.7. The topological polar surface area (TPSA) is 111 Å². The van der Waals surface area contributed by atoms with Crippen molar-refractivity contribution in [1.82, 2.24) is 5.43 Å². The Morgan fingerprint density at radius 2 is 1.80 bits per heavy atom. The van der Waals surface area contributed by atoms with Crippen molar-refractivity contribution in [3.05, 3.63) is 88.4 Å². The average Bonchev–Trinajstić information content (AvgIpc) is 3.22. The summed E-state index contributed by atoms with van der Waals surface area (Å²) in [6.45, 7) is 2.74. The van der Waals surface area contributed by atoms with Gasteiger partial charge in [-0.25, -0.2) is 15.0 Å². The molecule has 4 rings (SSSR count). The molecule has 1 aliphatic rings. The van der Waals surface area contributed by atoms with Crippen molar-refractivity contribution < 1.29 is 19.5 Å². The van der Waals surface area contributed by atoms with Crippen molar-refractivity contribution in [2.75, 3.05) is 22.5 Å². The van der Waals surface area contributed by atoms with Gasteiger partial charge >= 0.3 is 12.0 Å². The first-order valence-electron chi connectivity index (χ1n) is 13.7. The van der Waals surface area contributed by atoms with Crippen LogP contribution in [0.15, 0.2) is 76.7 Å². The van der Waals surface area contributed by atoms with Gasteiger partial charge in [0.05, 0.1) is 11.3 Å². The molecule has 3 aromatic rings. The molecule has 0 radical (unpaired) electrons. The highest BCUT2D eigenvalue weighted by molar-refractivity contribution is 7.99. The molecule has 8 nitrogen and oxygen atoms in total. The van der Waals surface area contributed by atoms with Gasteiger partial charge in [0.25, 0.3) is 5.91 Å². The number of unbranched alkanes of at least 4 members (excludes halogenated alkanes) is 3. The number of hydrogen-bond donors (Lipinski definition) is 3. The summed E-state index contributed by atoms with van der Waals surface area (Å²) < 4.78 is 0. The maximum Gasteiger partial charge on any atom is 0.339 e. The lowest BCUT2D eigenvalue weighted by Gasteiger charge is -2.16. The number of carboxylic acid groups (broad SMARTS) is 1. The van der Waals surface area contributed by atoms with Gasteiger partial charge in [-0.3, -0.25) is 4.79 Å². The van der Waals surface area contributed by atoms with E-state index in [4.69, 9.17) is 16.7 Å². The van der Waals surface area contributed by atoms with E-state index in [2.05, 4.69) is 22.8 Å². The van der Waals surface area contributed by atoms with Crippen molar-refractivity contribution in [2.24, 2.45) is 5.10 Å². The smallest absolute Gasteiger partial charge is 0.339 e. The summed E-state index contributed by atoms with van der Waals surface area (Å²) >= 11 is 7.68. The fourth-order valence-corrected chi connectivity index (χ4v) is 5.60. The highest BCUT2D eigenvalue weighted by Gasteiger charge is 2.34. The number of carbonyl (C=O) groups is 3. The number of hydrazone groups is 1. The van der Waals surface area contributed by atoms with Gasteiger partial charge in [-0.15, -0.1) is 11.8 Å². The summed E-state index contributed by atoms with van der Waals surface area (Å²) in [6, 6.07) is 19.1. The molecule has 0 fully saturated rings. The van der Waals surface area contributed by atoms with E-state index in [0.29, 0.717) is 22.8 Å². The van der Waals surface area contributed by atoms with Gasteiger partial charge < -0.3 is 15.3 Å². The largest absolute Gasteiger partial charge is 0.478 e. The SMILES string of the molecule is CCCCCCN1C(=O)C(=NNC(=O)Nc2cccc(Cl)c2)c2cc(SCCCc3ccc(C(=O)O)cc3)ccc21. The number of nitrogens with one attached hydrogen (secondary N) is 2. The summed E-state index contributed by atoms with van der Waals surface area (Å²) in [6.07, 6.45) is 5.88. The number of halogens is 1. The fourth-order valence-electron chi connectivity index (χ4n) is 4.52. The van der Waals surface area contributed by atoms with Crippen molar-refractivity contribution in [2.45, 2.75) is 50.3 Å². The summed E-state index contributed by atoms with van der Waals surface area (Å²) in [5, 5.41) is 16.5. The number of anilines is 2. The Balaban J connectivity index is 1.43. The average molecular weight is 593 g/mol. The summed E-state index contributed by atoms with van der Waals surface area (Å²) in [5.41, 5.74) is 6.05. The molecule has 3 N–H and O–H groups in total. The first-order valence-corrected chi connectivity index (χ1v) is 15.0. The Labute approximate surface area is 249 Å². The zero-order valence-corrected chi connectivity index (χ0v) is 24.4. The molecular formula is C31H33ClN4O4S. The molecule has 0 atom stereocenters. The Morgan fingerprint density at radius 3 is 2.54 bits per heavy atom. The van der Waals surface area contributed by atoms with Gasteiger partial charge in [0, 0.05) is 27.7 Å². The van der Waals surface area contributed by atoms with Crippen molar-refractivity contribution in [3.8, 4) is 0 Å². The number of nitrogens with zero attached hydrogens (tertiary/aromatic N) is 2. The first kappa shape index (κ1) is 30.1. The van der Waals surface area contributed by atoms with Gasteiger partial charge in [0.1, 0.15) is 0 Å². The molecule has 3 amide bonds. The molecule has 0 aromatic heterocycles. The molecule has 0 aliphatic carbocycles. The number of benzene rings is 3. The van der Waals surface area contributed by atoms with E-state index in [1.165, 1.54) is 0 Å². The minimum Gasteiger partial charge on any atom is -0.478 e. The van der Waals surface area contributed by atoms with Crippen LogP contribution >= 0.6 is 23.4 Å². The van der Waals surface area contributed by atoms with E-state index in [0.717, 1.165) is 60.4 Å². The lowest BCUT2D eigenvalue weighted by Crippen LogP contribution is -2.33. The number of fused-ring (bicyclic) bond motifs is 1. The monoisotopic (exact) mass is 592 g/mol. The lowest BCUT2D eigenvalue weighted by molar-refractivity contribution is -0.112. The van der Waals surface area contributed by atoms with Gasteiger partial charge in [-0.05, 0) is 79.1 Å². The number of carbonyl (C=O) groups excluding carboxylic acids is 2. The number of thioether (sulfide) groups is 1. The van der Waals surface area contributed by atoms with Crippen LogP contribution in [0.4, 0.5) is 16.2 Å². The number of rotatable bonds is 13. The maximum absolute atomic E-state index is 13.4. The summed E-state index contributed by atoms with van der Waals surface area (Å²) in [7, 11) is 0. The van der Waals surface area contributed by atoms with Crippen LogP contribution in [0.2, 0.25) is 5.02 Å². The minimum absolute atomic E-state index is 0.206. The van der Waals surface area contributed by atoms with Crippen molar-refractivity contribution >= 4 is 58.4 Å². The number of carboxylic acids is 1. The molecule has 0 saturated heterocycles. The second kappa shape index (κ2) is 14.7. The molecule has 41 heavy (non-hydrogen) atoms. The molecule has 1 heterocycles. The van der Waals surface area contributed by atoms with Gasteiger partial charge in [-0.2, -0.15) is 5.10 Å². The Bertz CT molecular complexity index is 1430. The number of aromatic carboxylic acids is 1. The van der Waals surface area contributed by atoms with Crippen LogP contribution in [-0.2, 0) is 11.2 Å². The predicted molar refractivity (Wildman–Crippen MR) is 166 cm³/mol. The third kappa shape index (κ3) is 8.34. The van der Waals surface area contributed by atoms with Crippen molar-refractivity contribution in [1.29, 1.82) is 0 Å². The van der Waals surface area contributed by atoms with Crippen LogP contribution in [0, 0.1) is 0 Å². The first-order chi connectivity index (χ1) is 19.9. The standard InChI is InChI=1S/C31H33ClN4O4S/c1-2-3-4-5-17-36-27-16-15-25(41-18-7-8-21-11-13-22(14-12-21)30(38)39)20-26(27)28(29(36)37)34-35-31(40)33-24-10-6-9-23(32)19-24/h6,9-16,19-20H,2-5,7-8,17-18H2,1H3,(H,38,39)(H2,33,35,40). The number of amides is 3. The third-order valence-corrected chi connectivity index (χ3v) is 7.94. The Hall–Kier alpha value is -3.82. The maximum atomic E-state index is 13.4. The van der Waals surface area contributed by atoms with E-state index < -0.39 is 12.0 Å². The second-order valence-electron chi connectivity index (χ2n) is 9.69. The van der Waals surface area contributed by atoms with Crippen LogP contribution in [0.1, 0.15) is 60.5 Å². The van der Waals surface area contributed by atoms with Crippen LogP contribution in [0.3, 0.4) is 0 Å². The zero-order valence-electron chi connectivity index (χ0n) is 22.9. The van der Waals surface area contributed by atoms with Crippen LogP contribution in [-0.4, -0.2) is 41.0 Å². The van der Waals surface area contributed by atoms with E-state index in [1.54, 1.807) is 53.1 Å². The van der Waals surface area contributed by atoms with E-state index in [9.17, 15) is 14.4 Å². The van der Waals surface area contributed by atoms with Gasteiger partial charge in [0.2, 0.25) is 0 Å². The highest BCUT2D eigenvalue weighted by atomic mass is 35.5. The molecule has 3 aromatic carbocycles. The second-order valence-corrected chi connectivity index (χ2v) is 11.3. The zero-order chi connectivity index (χ0) is 29.2. The van der Waals surface area contributed by atoms with Crippen LogP contribution < -0.4 is 15.6 Å². The van der Waals surface area contributed by atoms with E-state index in [-0.39, 0.29) is 17.2 Å². The molecule has 0 unspecified atom stereocenters. The molecule has 0 spiro atoms. The Kier molecular flexibility index (Phi) is 10.8. The number of urea groups is 1. The molecule has 0 saturated carbocycles. The van der Waals surface area contributed by atoms with Crippen LogP contribution in [0.5, 0.6) is 0 Å². The number of hydrogen-bond acceptors (Lipinski definition) is 5. The minimum atomic E-state index is -0.929. The molecule has 1 aliphatic heterocycles.